The Morgan fingerprint density at radius 1 is 1.27 bits per heavy atom. The van der Waals surface area contributed by atoms with Gasteiger partial charge in [0.1, 0.15) is 24.0 Å². The van der Waals surface area contributed by atoms with Crippen molar-refractivity contribution in [1.82, 2.24) is 10.3 Å². The molecule has 1 saturated carbocycles. The molecular weight excluding hydrogens is 391 g/mol. The maximum atomic E-state index is 14.4. The van der Waals surface area contributed by atoms with E-state index in [1.807, 2.05) is 0 Å². The smallest absolute Gasteiger partial charge is 0.407 e. The van der Waals surface area contributed by atoms with Gasteiger partial charge in [-0.1, -0.05) is 0 Å². The van der Waals surface area contributed by atoms with E-state index in [0.29, 0.717) is 40.8 Å². The van der Waals surface area contributed by atoms with Crippen molar-refractivity contribution in [2.24, 2.45) is 5.92 Å². The second-order valence-corrected chi connectivity index (χ2v) is 7.33. The first-order valence-electron chi connectivity index (χ1n) is 9.86. The van der Waals surface area contributed by atoms with Crippen LogP contribution < -0.4 is 14.8 Å². The summed E-state index contributed by atoms with van der Waals surface area (Å²) in [7, 11) is 1.49. The summed E-state index contributed by atoms with van der Waals surface area (Å²) in [6.45, 7) is 2.47. The van der Waals surface area contributed by atoms with Gasteiger partial charge < -0.3 is 23.9 Å². The molecule has 0 spiro atoms. The van der Waals surface area contributed by atoms with Gasteiger partial charge in [0, 0.05) is 18.7 Å². The van der Waals surface area contributed by atoms with Crippen LogP contribution in [0.15, 0.2) is 40.8 Å². The zero-order chi connectivity index (χ0) is 21.1. The fourth-order valence-corrected chi connectivity index (χ4v) is 2.85. The minimum atomic E-state index is -0.516. The van der Waals surface area contributed by atoms with Gasteiger partial charge in [0.05, 0.1) is 6.61 Å². The predicted octanol–water partition coefficient (Wildman–Crippen LogP) is 4.55. The number of carbonyl (C=O) groups excluding carboxylic acids is 1. The van der Waals surface area contributed by atoms with E-state index in [2.05, 4.69) is 10.3 Å². The van der Waals surface area contributed by atoms with Crippen LogP contribution in [-0.4, -0.2) is 37.4 Å². The number of hydrogen-bond acceptors (Lipinski definition) is 6. The van der Waals surface area contributed by atoms with Gasteiger partial charge >= 0.3 is 6.09 Å². The number of carbonyl (C=O) groups is 1. The first kappa shape index (κ1) is 20.0. The number of benzene rings is 2. The van der Waals surface area contributed by atoms with E-state index < -0.39 is 18.0 Å². The number of nitrogens with one attached hydrogen (secondary N) is 1. The van der Waals surface area contributed by atoms with Crippen molar-refractivity contribution in [3.05, 3.63) is 42.2 Å². The third-order valence-electron chi connectivity index (χ3n) is 4.71. The highest BCUT2D eigenvalue weighted by Crippen LogP contribution is 2.32. The Bertz CT molecular complexity index is 1050. The molecule has 8 heteroatoms. The summed E-state index contributed by atoms with van der Waals surface area (Å²) in [5.41, 5.74) is 1.66. The van der Waals surface area contributed by atoms with Gasteiger partial charge in [-0.25, -0.2) is 14.2 Å². The molecule has 7 nitrogen and oxygen atoms in total. The van der Waals surface area contributed by atoms with Gasteiger partial charge in [0.15, 0.2) is 17.1 Å². The third kappa shape index (κ3) is 4.82. The van der Waals surface area contributed by atoms with E-state index in [1.54, 1.807) is 37.3 Å². The van der Waals surface area contributed by atoms with E-state index in [0.717, 1.165) is 12.8 Å². The van der Waals surface area contributed by atoms with Crippen LogP contribution in [0.1, 0.15) is 19.8 Å². The van der Waals surface area contributed by atoms with Crippen molar-refractivity contribution in [3.8, 4) is 23.0 Å². The maximum Gasteiger partial charge on any atom is 0.407 e. The quantitative estimate of drug-likeness (QED) is 0.582. The SMILES string of the molecule is CNC(=O)O[C@@H](C)COc1ccc2nc(-c3ccc(OCC4CC4)c(F)c3)oc2c1. The summed E-state index contributed by atoms with van der Waals surface area (Å²) in [5.74, 6) is 1.21. The number of alkyl carbamates (subject to hydrolysis) is 1. The molecule has 1 amide bonds. The highest BCUT2D eigenvalue weighted by atomic mass is 19.1. The molecule has 1 aliphatic rings. The van der Waals surface area contributed by atoms with Gasteiger partial charge in [-0.2, -0.15) is 0 Å². The second-order valence-electron chi connectivity index (χ2n) is 7.33. The Hall–Kier alpha value is -3.29. The molecular formula is C22H23FN2O5. The van der Waals surface area contributed by atoms with Crippen molar-refractivity contribution in [3.63, 3.8) is 0 Å². The van der Waals surface area contributed by atoms with Crippen LogP contribution in [0.3, 0.4) is 0 Å². The first-order chi connectivity index (χ1) is 14.5. The number of hydrogen-bond donors (Lipinski definition) is 1. The van der Waals surface area contributed by atoms with Crippen LogP contribution in [-0.2, 0) is 4.74 Å². The Kier molecular flexibility index (Phi) is 5.74. The molecule has 30 heavy (non-hydrogen) atoms. The van der Waals surface area contributed by atoms with E-state index in [4.69, 9.17) is 18.6 Å². The lowest BCUT2D eigenvalue weighted by molar-refractivity contribution is 0.0768. The zero-order valence-corrected chi connectivity index (χ0v) is 16.8. The number of nitrogens with zero attached hydrogens (tertiary/aromatic N) is 1. The maximum absolute atomic E-state index is 14.4. The molecule has 0 bridgehead atoms. The van der Waals surface area contributed by atoms with E-state index in [-0.39, 0.29) is 12.4 Å². The predicted molar refractivity (Wildman–Crippen MR) is 108 cm³/mol. The molecule has 1 aliphatic carbocycles. The zero-order valence-electron chi connectivity index (χ0n) is 16.8. The van der Waals surface area contributed by atoms with Crippen molar-refractivity contribution in [2.45, 2.75) is 25.9 Å². The summed E-state index contributed by atoms with van der Waals surface area (Å²) in [4.78, 5) is 15.6. The van der Waals surface area contributed by atoms with Gasteiger partial charge in [-0.05, 0) is 56.0 Å². The van der Waals surface area contributed by atoms with Gasteiger partial charge in [0.2, 0.25) is 5.89 Å². The topological polar surface area (TPSA) is 82.8 Å². The molecule has 158 valence electrons. The monoisotopic (exact) mass is 414 g/mol. The number of amides is 1. The molecule has 0 aliphatic heterocycles. The fourth-order valence-electron chi connectivity index (χ4n) is 2.85. The Morgan fingerprint density at radius 2 is 2.10 bits per heavy atom. The summed E-state index contributed by atoms with van der Waals surface area (Å²) in [5, 5.41) is 2.38. The lowest BCUT2D eigenvalue weighted by atomic mass is 10.2. The second kappa shape index (κ2) is 8.61. The van der Waals surface area contributed by atoms with Crippen molar-refractivity contribution >= 4 is 17.2 Å². The molecule has 0 radical (unpaired) electrons. The van der Waals surface area contributed by atoms with Crippen LogP contribution in [0.5, 0.6) is 11.5 Å². The Balaban J connectivity index is 1.44. The number of halogens is 1. The first-order valence-corrected chi connectivity index (χ1v) is 9.86. The number of oxazole rings is 1. The molecule has 1 fully saturated rings. The van der Waals surface area contributed by atoms with Crippen LogP contribution in [0.25, 0.3) is 22.6 Å². The molecule has 2 aromatic carbocycles. The molecule has 1 N–H and O–H groups in total. The van der Waals surface area contributed by atoms with Crippen LogP contribution in [0, 0.1) is 11.7 Å². The standard InChI is InChI=1S/C22H23FN2O5/c1-13(29-22(26)24-2)11-27-16-6-7-18-20(10-16)30-21(25-18)15-5-8-19(17(23)9-15)28-12-14-3-4-14/h5-10,13-14H,3-4,11-12H2,1-2H3,(H,24,26)/t13-/m0/s1. The summed E-state index contributed by atoms with van der Waals surface area (Å²) in [6.07, 6.45) is 1.36. The minimum absolute atomic E-state index is 0.188. The normalized spacial score (nSPS) is 14.4. The Morgan fingerprint density at radius 3 is 2.83 bits per heavy atom. The molecule has 3 aromatic rings. The average Bonchev–Trinajstić information content (AvgIpc) is 3.47. The van der Waals surface area contributed by atoms with Crippen LogP contribution >= 0.6 is 0 Å². The number of rotatable bonds is 8. The lowest BCUT2D eigenvalue weighted by Crippen LogP contribution is -2.27. The lowest BCUT2D eigenvalue weighted by Gasteiger charge is -2.13. The van der Waals surface area contributed by atoms with E-state index in [9.17, 15) is 9.18 Å². The summed E-state index contributed by atoms with van der Waals surface area (Å²) in [6, 6.07) is 9.89. The highest BCUT2D eigenvalue weighted by molar-refractivity contribution is 5.77. The molecule has 4 rings (SSSR count). The molecule has 0 saturated heterocycles. The number of aromatic nitrogens is 1. The molecule has 1 atom stereocenters. The molecule has 1 heterocycles. The fraction of sp³-hybridized carbons (Fsp3) is 0.364. The summed E-state index contributed by atoms with van der Waals surface area (Å²) < 4.78 is 36.4. The average molecular weight is 414 g/mol. The van der Waals surface area contributed by atoms with Crippen molar-refractivity contribution in [1.29, 1.82) is 0 Å². The van der Waals surface area contributed by atoms with Gasteiger partial charge in [-0.15, -0.1) is 0 Å². The largest absolute Gasteiger partial charge is 0.490 e. The van der Waals surface area contributed by atoms with E-state index >= 15 is 0 Å². The number of fused-ring (bicyclic) bond motifs is 1. The van der Waals surface area contributed by atoms with Gasteiger partial charge in [-0.3, -0.25) is 0 Å². The van der Waals surface area contributed by atoms with Crippen molar-refractivity contribution < 1.29 is 27.8 Å². The van der Waals surface area contributed by atoms with Crippen molar-refractivity contribution in [2.75, 3.05) is 20.3 Å². The third-order valence-corrected chi connectivity index (χ3v) is 4.71. The van der Waals surface area contributed by atoms with Crippen LogP contribution in [0.4, 0.5) is 9.18 Å². The Labute approximate surface area is 173 Å². The molecule has 0 unspecified atom stereocenters. The number of ether oxygens (including phenoxy) is 3. The molecule has 1 aromatic heterocycles. The van der Waals surface area contributed by atoms with Gasteiger partial charge in [0.25, 0.3) is 0 Å². The van der Waals surface area contributed by atoms with Crippen LogP contribution in [0.2, 0.25) is 0 Å². The summed E-state index contributed by atoms with van der Waals surface area (Å²) >= 11 is 0. The van der Waals surface area contributed by atoms with E-state index in [1.165, 1.54) is 13.1 Å². The minimum Gasteiger partial charge on any atom is -0.490 e. The highest BCUT2D eigenvalue weighted by Gasteiger charge is 2.22.